The van der Waals surface area contributed by atoms with Crippen molar-refractivity contribution >= 4 is 22.8 Å². The predicted octanol–water partition coefficient (Wildman–Crippen LogP) is 2.26. The zero-order valence-corrected chi connectivity index (χ0v) is 13.1. The van der Waals surface area contributed by atoms with Crippen LogP contribution in [0.15, 0.2) is 35.9 Å². The smallest absolute Gasteiger partial charge is 0.330 e. The van der Waals surface area contributed by atoms with Gasteiger partial charge in [-0.15, -0.1) is 0 Å². The summed E-state index contributed by atoms with van der Waals surface area (Å²) in [6, 6.07) is 8.14. The van der Waals surface area contributed by atoms with Gasteiger partial charge in [-0.25, -0.2) is 4.79 Å². The Morgan fingerprint density at radius 3 is 2.87 bits per heavy atom. The molecule has 0 radical (unpaired) electrons. The molecule has 5 heteroatoms. The van der Waals surface area contributed by atoms with Gasteiger partial charge in [-0.1, -0.05) is 23.8 Å². The summed E-state index contributed by atoms with van der Waals surface area (Å²) < 4.78 is 4.73. The highest BCUT2D eigenvalue weighted by Gasteiger charge is 2.16. The summed E-state index contributed by atoms with van der Waals surface area (Å²) in [5.74, 6) is -0.362. The lowest BCUT2D eigenvalue weighted by atomic mass is 9.98. The number of H-pyrrole nitrogens is 1. The lowest BCUT2D eigenvalue weighted by molar-refractivity contribution is -0.135. The monoisotopic (exact) mass is 312 g/mol. The van der Waals surface area contributed by atoms with E-state index in [0.717, 1.165) is 23.2 Å². The molecule has 0 saturated heterocycles. The number of amides is 1. The Bertz CT molecular complexity index is 774. The van der Waals surface area contributed by atoms with Crippen LogP contribution >= 0.6 is 0 Å². The summed E-state index contributed by atoms with van der Waals surface area (Å²) in [6.07, 6.45) is 3.85. The maximum absolute atomic E-state index is 11.9. The Labute approximate surface area is 134 Å². The van der Waals surface area contributed by atoms with E-state index in [1.807, 2.05) is 18.2 Å². The molecule has 0 bridgehead atoms. The van der Waals surface area contributed by atoms with E-state index in [1.54, 1.807) is 0 Å². The number of rotatable bonds is 1. The Hall–Kier alpha value is -2.56. The minimum Gasteiger partial charge on any atom is -0.466 e. The Morgan fingerprint density at radius 2 is 2.04 bits per heavy atom. The van der Waals surface area contributed by atoms with E-state index >= 15 is 0 Å². The number of carbonyl (C=O) groups is 2. The molecule has 1 aliphatic rings. The van der Waals surface area contributed by atoms with Crippen molar-refractivity contribution in [3.8, 4) is 0 Å². The molecule has 0 unspecified atom stereocenters. The largest absolute Gasteiger partial charge is 0.466 e. The third-order valence-corrected chi connectivity index (χ3v) is 4.20. The number of hydrogen-bond acceptors (Lipinski definition) is 3. The van der Waals surface area contributed by atoms with Crippen LogP contribution in [0.3, 0.4) is 0 Å². The van der Waals surface area contributed by atoms with Gasteiger partial charge in [0, 0.05) is 42.1 Å². The molecule has 120 valence electrons. The highest BCUT2D eigenvalue weighted by atomic mass is 16.5. The van der Waals surface area contributed by atoms with Crippen LogP contribution in [-0.4, -0.2) is 30.5 Å². The van der Waals surface area contributed by atoms with E-state index in [0.29, 0.717) is 25.8 Å². The van der Waals surface area contributed by atoms with Crippen LogP contribution < -0.4 is 5.32 Å². The second kappa shape index (κ2) is 6.69. The number of nitrogens with one attached hydrogen (secondary N) is 2. The molecule has 5 nitrogen and oxygen atoms in total. The summed E-state index contributed by atoms with van der Waals surface area (Å²) >= 11 is 0. The number of fused-ring (bicyclic) bond motifs is 3. The number of hydrogen-bond donors (Lipinski definition) is 2. The van der Waals surface area contributed by atoms with E-state index in [2.05, 4.69) is 16.4 Å². The fourth-order valence-electron chi connectivity index (χ4n) is 3.05. The van der Waals surface area contributed by atoms with Gasteiger partial charge < -0.3 is 15.0 Å². The van der Waals surface area contributed by atoms with Crippen LogP contribution in [0.1, 0.15) is 24.1 Å². The Morgan fingerprint density at radius 1 is 1.22 bits per heavy atom. The molecule has 0 aliphatic carbocycles. The SMILES string of the molecule is COC(=O)/C=C1\CCC(=O)NCCc2c([nH]c3ccccc23)C1. The molecule has 2 aromatic rings. The van der Waals surface area contributed by atoms with Gasteiger partial charge >= 0.3 is 5.97 Å². The van der Waals surface area contributed by atoms with Gasteiger partial charge in [0.2, 0.25) is 5.91 Å². The highest BCUT2D eigenvalue weighted by Crippen LogP contribution is 2.26. The zero-order chi connectivity index (χ0) is 16.2. The number of aromatic amines is 1. The molecule has 2 N–H and O–H groups in total. The number of aromatic nitrogens is 1. The fraction of sp³-hybridized carbons (Fsp3) is 0.333. The molecule has 0 saturated carbocycles. The van der Waals surface area contributed by atoms with Crippen molar-refractivity contribution in [3.05, 3.63) is 47.2 Å². The van der Waals surface area contributed by atoms with E-state index in [1.165, 1.54) is 24.1 Å². The van der Waals surface area contributed by atoms with Crippen LogP contribution in [0.4, 0.5) is 0 Å². The van der Waals surface area contributed by atoms with Crippen LogP contribution in [0, 0.1) is 0 Å². The lowest BCUT2D eigenvalue weighted by Crippen LogP contribution is -2.26. The van der Waals surface area contributed by atoms with Gasteiger partial charge in [0.1, 0.15) is 0 Å². The highest BCUT2D eigenvalue weighted by molar-refractivity contribution is 5.86. The van der Waals surface area contributed by atoms with E-state index in [-0.39, 0.29) is 11.9 Å². The molecule has 0 fully saturated rings. The third kappa shape index (κ3) is 3.44. The molecular formula is C18H20N2O3. The summed E-state index contributed by atoms with van der Waals surface area (Å²) in [6.45, 7) is 0.629. The zero-order valence-electron chi connectivity index (χ0n) is 13.1. The fourth-order valence-corrected chi connectivity index (χ4v) is 3.05. The Kier molecular flexibility index (Phi) is 4.46. The molecule has 1 aromatic heterocycles. The number of para-hydroxylation sites is 1. The number of allylic oxidation sites excluding steroid dienone is 1. The van der Waals surface area contributed by atoms with Crippen molar-refractivity contribution in [3.63, 3.8) is 0 Å². The molecule has 23 heavy (non-hydrogen) atoms. The van der Waals surface area contributed by atoms with Crippen LogP contribution in [0.2, 0.25) is 0 Å². The number of benzene rings is 1. The molecule has 0 atom stereocenters. The van der Waals surface area contributed by atoms with E-state index < -0.39 is 0 Å². The first kappa shape index (κ1) is 15.3. The summed E-state index contributed by atoms with van der Waals surface area (Å²) in [4.78, 5) is 26.9. The number of carbonyl (C=O) groups excluding carboxylic acids is 2. The number of esters is 1. The van der Waals surface area contributed by atoms with Gasteiger partial charge in [0.25, 0.3) is 0 Å². The first-order chi connectivity index (χ1) is 11.2. The van der Waals surface area contributed by atoms with Gasteiger partial charge in [0.15, 0.2) is 0 Å². The first-order valence-corrected chi connectivity index (χ1v) is 7.80. The van der Waals surface area contributed by atoms with Gasteiger partial charge in [-0.3, -0.25) is 4.79 Å². The van der Waals surface area contributed by atoms with Crippen molar-refractivity contribution in [1.82, 2.24) is 10.3 Å². The van der Waals surface area contributed by atoms with Crippen molar-refractivity contribution in [2.24, 2.45) is 0 Å². The molecule has 0 spiro atoms. The third-order valence-electron chi connectivity index (χ3n) is 4.20. The molecule has 1 amide bonds. The van der Waals surface area contributed by atoms with E-state index in [9.17, 15) is 9.59 Å². The van der Waals surface area contributed by atoms with Gasteiger partial charge in [-0.05, 0) is 24.5 Å². The molecule has 1 aromatic carbocycles. The van der Waals surface area contributed by atoms with Crippen LogP contribution in [0.25, 0.3) is 10.9 Å². The van der Waals surface area contributed by atoms with Crippen molar-refractivity contribution in [2.45, 2.75) is 25.7 Å². The van der Waals surface area contributed by atoms with Gasteiger partial charge in [0.05, 0.1) is 7.11 Å². The normalized spacial score (nSPS) is 17.6. The second-order valence-electron chi connectivity index (χ2n) is 5.73. The van der Waals surface area contributed by atoms with Gasteiger partial charge in [-0.2, -0.15) is 0 Å². The average Bonchev–Trinajstić information content (AvgIpc) is 2.90. The molecule has 2 heterocycles. The van der Waals surface area contributed by atoms with Crippen LogP contribution in [-0.2, 0) is 27.2 Å². The summed E-state index contributed by atoms with van der Waals surface area (Å²) in [5, 5.41) is 4.11. The van der Waals surface area contributed by atoms with Crippen LogP contribution in [0.5, 0.6) is 0 Å². The maximum Gasteiger partial charge on any atom is 0.330 e. The molecule has 3 rings (SSSR count). The quantitative estimate of drug-likeness (QED) is 0.627. The van der Waals surface area contributed by atoms with Crippen molar-refractivity contribution in [2.75, 3.05) is 13.7 Å². The summed E-state index contributed by atoms with van der Waals surface area (Å²) in [5.41, 5.74) is 4.30. The van der Waals surface area contributed by atoms with E-state index in [4.69, 9.17) is 4.74 Å². The predicted molar refractivity (Wildman–Crippen MR) is 88.0 cm³/mol. The molecule has 1 aliphatic heterocycles. The summed E-state index contributed by atoms with van der Waals surface area (Å²) in [7, 11) is 1.36. The standard InChI is InChI=1S/C18H20N2O3/c1-23-18(22)11-12-6-7-17(21)19-9-8-14-13-4-2-3-5-15(13)20-16(14)10-12/h2-5,11,20H,6-10H2,1H3,(H,19,21)/b12-11+. The number of ether oxygens (including phenoxy) is 1. The minimum absolute atomic E-state index is 0.0176. The number of methoxy groups -OCH3 is 1. The lowest BCUT2D eigenvalue weighted by Gasteiger charge is -2.13. The second-order valence-corrected chi connectivity index (χ2v) is 5.73. The average molecular weight is 312 g/mol. The minimum atomic E-state index is -0.380. The maximum atomic E-state index is 11.9. The van der Waals surface area contributed by atoms with Crippen molar-refractivity contribution < 1.29 is 14.3 Å². The van der Waals surface area contributed by atoms with Crippen molar-refractivity contribution in [1.29, 1.82) is 0 Å². The Balaban J connectivity index is 2.02. The topological polar surface area (TPSA) is 71.2 Å². The molecular weight excluding hydrogens is 292 g/mol. The first-order valence-electron chi connectivity index (χ1n) is 7.80.